The average Bonchev–Trinajstić information content (AvgIpc) is 2.92. The standard InChI is InChI=1S/C17H23FN4O2S/c1-2-8-21-14-17(13-19-21)25(23,24)22-10-3-9-20(11-12-22)16-6-4-15(18)5-7-16/h4-7,13-14H,2-3,8-12H2,1H3. The first kappa shape index (κ1) is 17.9. The van der Waals surface area contributed by atoms with E-state index in [4.69, 9.17) is 0 Å². The molecule has 0 unspecified atom stereocenters. The summed E-state index contributed by atoms with van der Waals surface area (Å²) in [4.78, 5) is 2.34. The third-order valence-corrected chi connectivity index (χ3v) is 6.20. The molecular weight excluding hydrogens is 343 g/mol. The quantitative estimate of drug-likeness (QED) is 0.815. The van der Waals surface area contributed by atoms with Crippen molar-refractivity contribution in [1.29, 1.82) is 0 Å². The molecule has 3 rings (SSSR count). The maximum atomic E-state index is 13.1. The van der Waals surface area contributed by atoms with Gasteiger partial charge in [-0.15, -0.1) is 0 Å². The lowest BCUT2D eigenvalue weighted by molar-refractivity contribution is 0.433. The summed E-state index contributed by atoms with van der Waals surface area (Å²) in [5.74, 6) is -0.271. The molecule has 25 heavy (non-hydrogen) atoms. The van der Waals surface area contributed by atoms with Gasteiger partial charge in [-0.2, -0.15) is 9.40 Å². The van der Waals surface area contributed by atoms with Crippen LogP contribution >= 0.6 is 0 Å². The van der Waals surface area contributed by atoms with Crippen molar-refractivity contribution in [2.45, 2.75) is 31.2 Å². The smallest absolute Gasteiger partial charge is 0.246 e. The molecule has 1 saturated heterocycles. The number of rotatable bonds is 5. The summed E-state index contributed by atoms with van der Waals surface area (Å²) >= 11 is 0. The summed E-state index contributed by atoms with van der Waals surface area (Å²) in [6.07, 6.45) is 4.65. The maximum absolute atomic E-state index is 13.1. The van der Waals surface area contributed by atoms with Crippen LogP contribution in [0.3, 0.4) is 0 Å². The Hall–Kier alpha value is -1.93. The van der Waals surface area contributed by atoms with E-state index < -0.39 is 10.0 Å². The highest BCUT2D eigenvalue weighted by Crippen LogP contribution is 2.21. The van der Waals surface area contributed by atoms with Crippen molar-refractivity contribution >= 4 is 15.7 Å². The first-order valence-electron chi connectivity index (χ1n) is 8.54. The van der Waals surface area contributed by atoms with Gasteiger partial charge in [0.2, 0.25) is 10.0 Å². The molecule has 0 amide bonds. The first-order valence-corrected chi connectivity index (χ1v) is 9.98. The van der Waals surface area contributed by atoms with Crippen LogP contribution in [-0.2, 0) is 16.6 Å². The molecule has 1 aromatic carbocycles. The van der Waals surface area contributed by atoms with Crippen molar-refractivity contribution in [3.8, 4) is 0 Å². The molecule has 0 bridgehead atoms. The van der Waals surface area contributed by atoms with Crippen molar-refractivity contribution < 1.29 is 12.8 Å². The molecular formula is C17H23FN4O2S. The topological polar surface area (TPSA) is 58.4 Å². The fourth-order valence-corrected chi connectivity index (χ4v) is 4.45. The number of nitrogens with zero attached hydrogens (tertiary/aromatic N) is 4. The summed E-state index contributed by atoms with van der Waals surface area (Å²) in [5, 5.41) is 4.13. The summed E-state index contributed by atoms with van der Waals surface area (Å²) in [6.45, 7) is 4.92. The van der Waals surface area contributed by atoms with Gasteiger partial charge < -0.3 is 4.90 Å². The van der Waals surface area contributed by atoms with Gasteiger partial charge in [0.25, 0.3) is 0 Å². The first-order chi connectivity index (χ1) is 12.0. The third kappa shape index (κ3) is 4.01. The Bertz CT molecular complexity index is 804. The van der Waals surface area contributed by atoms with Gasteiger partial charge >= 0.3 is 0 Å². The lowest BCUT2D eigenvalue weighted by Gasteiger charge is -2.23. The van der Waals surface area contributed by atoms with Crippen molar-refractivity contribution in [3.05, 3.63) is 42.5 Å². The van der Waals surface area contributed by atoms with Crippen LogP contribution in [0, 0.1) is 5.82 Å². The van der Waals surface area contributed by atoms with Gasteiger partial charge in [-0.3, -0.25) is 4.68 Å². The third-order valence-electron chi connectivity index (χ3n) is 4.35. The van der Waals surface area contributed by atoms with E-state index in [9.17, 15) is 12.8 Å². The molecule has 2 heterocycles. The van der Waals surface area contributed by atoms with Gasteiger partial charge in [-0.1, -0.05) is 6.92 Å². The van der Waals surface area contributed by atoms with E-state index in [0.29, 0.717) is 26.2 Å². The van der Waals surface area contributed by atoms with Crippen molar-refractivity contribution in [2.75, 3.05) is 31.1 Å². The van der Waals surface area contributed by atoms with Crippen LogP contribution in [0.4, 0.5) is 10.1 Å². The van der Waals surface area contributed by atoms with Crippen molar-refractivity contribution in [2.24, 2.45) is 0 Å². The number of aromatic nitrogens is 2. The molecule has 1 aliphatic rings. The predicted octanol–water partition coefficient (Wildman–Crippen LogP) is 2.33. The number of aryl methyl sites for hydroxylation is 1. The van der Waals surface area contributed by atoms with E-state index >= 15 is 0 Å². The summed E-state index contributed by atoms with van der Waals surface area (Å²) in [5.41, 5.74) is 0.913. The van der Waals surface area contributed by atoms with Crippen LogP contribution in [0.2, 0.25) is 0 Å². The van der Waals surface area contributed by atoms with Gasteiger partial charge in [0.15, 0.2) is 0 Å². The summed E-state index contributed by atoms with van der Waals surface area (Å²) < 4.78 is 42.0. The van der Waals surface area contributed by atoms with Crippen LogP contribution in [0.15, 0.2) is 41.6 Å². The molecule has 8 heteroatoms. The van der Waals surface area contributed by atoms with Crippen LogP contribution < -0.4 is 4.90 Å². The Balaban J connectivity index is 1.72. The number of benzene rings is 1. The second kappa shape index (κ2) is 7.53. The van der Waals surface area contributed by atoms with Gasteiger partial charge in [0, 0.05) is 44.6 Å². The van der Waals surface area contributed by atoms with Crippen LogP contribution in [-0.4, -0.2) is 48.7 Å². The highest BCUT2D eigenvalue weighted by molar-refractivity contribution is 7.89. The second-order valence-corrected chi connectivity index (χ2v) is 8.10. The minimum Gasteiger partial charge on any atom is -0.370 e. The molecule has 0 aliphatic carbocycles. The molecule has 0 radical (unpaired) electrons. The van der Waals surface area contributed by atoms with E-state index in [-0.39, 0.29) is 10.7 Å². The molecule has 0 saturated carbocycles. The Morgan fingerprint density at radius 3 is 2.60 bits per heavy atom. The number of hydrogen-bond acceptors (Lipinski definition) is 4. The van der Waals surface area contributed by atoms with E-state index in [0.717, 1.165) is 25.1 Å². The zero-order chi connectivity index (χ0) is 17.9. The minimum absolute atomic E-state index is 0.246. The number of sulfonamides is 1. The van der Waals surface area contributed by atoms with Crippen LogP contribution in [0.25, 0.3) is 0 Å². The molecule has 136 valence electrons. The Morgan fingerprint density at radius 1 is 1.12 bits per heavy atom. The highest BCUT2D eigenvalue weighted by Gasteiger charge is 2.28. The zero-order valence-corrected chi connectivity index (χ0v) is 15.1. The number of hydrogen-bond donors (Lipinski definition) is 0. The fraction of sp³-hybridized carbons (Fsp3) is 0.471. The van der Waals surface area contributed by atoms with E-state index in [1.165, 1.54) is 22.6 Å². The second-order valence-electron chi connectivity index (χ2n) is 6.16. The molecule has 6 nitrogen and oxygen atoms in total. The number of anilines is 1. The largest absolute Gasteiger partial charge is 0.370 e. The summed E-state index contributed by atoms with van der Waals surface area (Å²) in [6, 6.07) is 6.32. The predicted molar refractivity (Wildman–Crippen MR) is 94.5 cm³/mol. The van der Waals surface area contributed by atoms with E-state index in [2.05, 4.69) is 10.00 Å². The van der Waals surface area contributed by atoms with Gasteiger partial charge in [0.05, 0.1) is 6.20 Å². The lowest BCUT2D eigenvalue weighted by Crippen LogP contribution is -2.35. The monoisotopic (exact) mass is 366 g/mol. The van der Waals surface area contributed by atoms with E-state index in [1.54, 1.807) is 23.0 Å². The fourth-order valence-electron chi connectivity index (χ4n) is 3.02. The van der Waals surface area contributed by atoms with Gasteiger partial charge in [-0.05, 0) is 37.1 Å². The molecule has 0 spiro atoms. The maximum Gasteiger partial charge on any atom is 0.246 e. The molecule has 2 aromatic rings. The molecule has 1 aromatic heterocycles. The van der Waals surface area contributed by atoms with Crippen molar-refractivity contribution in [1.82, 2.24) is 14.1 Å². The SMILES string of the molecule is CCCn1cc(S(=O)(=O)N2CCCN(c3ccc(F)cc3)CC2)cn1. The average molecular weight is 366 g/mol. The number of halogens is 1. The summed E-state index contributed by atoms with van der Waals surface area (Å²) in [7, 11) is -3.53. The van der Waals surface area contributed by atoms with E-state index in [1.807, 2.05) is 6.92 Å². The van der Waals surface area contributed by atoms with Crippen LogP contribution in [0.5, 0.6) is 0 Å². The molecule has 1 aliphatic heterocycles. The molecule has 0 N–H and O–H groups in total. The molecule has 1 fully saturated rings. The zero-order valence-electron chi connectivity index (χ0n) is 14.3. The van der Waals surface area contributed by atoms with Crippen molar-refractivity contribution in [3.63, 3.8) is 0 Å². The van der Waals surface area contributed by atoms with Gasteiger partial charge in [0.1, 0.15) is 10.7 Å². The van der Waals surface area contributed by atoms with Crippen LogP contribution in [0.1, 0.15) is 19.8 Å². The molecule has 0 atom stereocenters. The Kier molecular flexibility index (Phi) is 5.39. The highest BCUT2D eigenvalue weighted by atomic mass is 32.2. The normalized spacial score (nSPS) is 16.8. The lowest BCUT2D eigenvalue weighted by atomic mass is 10.2. The Morgan fingerprint density at radius 2 is 1.88 bits per heavy atom. The van der Waals surface area contributed by atoms with Gasteiger partial charge in [-0.25, -0.2) is 12.8 Å². The minimum atomic E-state index is -3.53. The Labute approximate surface area is 147 Å².